The Morgan fingerprint density at radius 1 is 1.46 bits per heavy atom. The molecular formula is C12H14O. The molecule has 3 rings (SSSR count). The number of hydrogen-bond donors (Lipinski definition) is 0. The lowest BCUT2D eigenvalue weighted by atomic mass is 10.00. The highest BCUT2D eigenvalue weighted by molar-refractivity contribution is 5.42. The standard InChI is InChI=1S/C12H14O/c1-2-7-12-8-9-5-3-4-6-10(9)11(12)13-12/h3-6,11H,2,7-8H2,1H3/t11-,12+/m1/s1. The van der Waals surface area contributed by atoms with E-state index >= 15 is 0 Å². The van der Waals surface area contributed by atoms with Crippen LogP contribution in [0.1, 0.15) is 37.0 Å². The molecule has 68 valence electrons. The zero-order valence-electron chi connectivity index (χ0n) is 7.92. The van der Waals surface area contributed by atoms with Crippen LogP contribution >= 0.6 is 0 Å². The van der Waals surface area contributed by atoms with Crippen LogP contribution in [0, 0.1) is 0 Å². The van der Waals surface area contributed by atoms with Crippen LogP contribution in [0.4, 0.5) is 0 Å². The third kappa shape index (κ3) is 0.910. The summed E-state index contributed by atoms with van der Waals surface area (Å²) in [6, 6.07) is 8.69. The van der Waals surface area contributed by atoms with E-state index in [-0.39, 0.29) is 5.60 Å². The van der Waals surface area contributed by atoms with Gasteiger partial charge in [-0.3, -0.25) is 0 Å². The second-order valence-corrected chi connectivity index (χ2v) is 4.19. The first-order valence-electron chi connectivity index (χ1n) is 5.11. The second-order valence-electron chi connectivity index (χ2n) is 4.19. The van der Waals surface area contributed by atoms with Gasteiger partial charge in [-0.1, -0.05) is 37.6 Å². The van der Waals surface area contributed by atoms with E-state index < -0.39 is 0 Å². The van der Waals surface area contributed by atoms with E-state index in [1.54, 1.807) is 0 Å². The molecule has 0 amide bonds. The van der Waals surface area contributed by atoms with Crippen LogP contribution in [0.15, 0.2) is 24.3 Å². The molecule has 0 aromatic heterocycles. The van der Waals surface area contributed by atoms with Crippen molar-refractivity contribution in [2.45, 2.75) is 37.9 Å². The summed E-state index contributed by atoms with van der Waals surface area (Å²) < 4.78 is 5.81. The Labute approximate surface area is 78.7 Å². The molecular weight excluding hydrogens is 160 g/mol. The Hall–Kier alpha value is -0.820. The molecule has 0 radical (unpaired) electrons. The molecule has 0 spiro atoms. The maximum absolute atomic E-state index is 5.81. The molecule has 0 unspecified atom stereocenters. The van der Waals surface area contributed by atoms with Gasteiger partial charge in [0.15, 0.2) is 0 Å². The Morgan fingerprint density at radius 3 is 3.08 bits per heavy atom. The van der Waals surface area contributed by atoms with E-state index in [1.807, 2.05) is 0 Å². The number of fused-ring (bicyclic) bond motifs is 3. The lowest BCUT2D eigenvalue weighted by molar-refractivity contribution is 0.269. The summed E-state index contributed by atoms with van der Waals surface area (Å²) in [7, 11) is 0. The van der Waals surface area contributed by atoms with Gasteiger partial charge in [0.1, 0.15) is 11.7 Å². The second kappa shape index (κ2) is 2.36. The lowest BCUT2D eigenvalue weighted by Crippen LogP contribution is -2.10. The van der Waals surface area contributed by atoms with Gasteiger partial charge in [0.25, 0.3) is 0 Å². The minimum absolute atomic E-state index is 0.221. The van der Waals surface area contributed by atoms with Crippen LogP contribution in [0.3, 0.4) is 0 Å². The van der Waals surface area contributed by atoms with Gasteiger partial charge in [-0.2, -0.15) is 0 Å². The molecule has 1 heterocycles. The van der Waals surface area contributed by atoms with Crippen molar-refractivity contribution in [3.8, 4) is 0 Å². The molecule has 0 N–H and O–H groups in total. The molecule has 1 aliphatic heterocycles. The first kappa shape index (κ1) is 7.57. The van der Waals surface area contributed by atoms with E-state index in [0.29, 0.717) is 6.10 Å². The number of benzene rings is 1. The summed E-state index contributed by atoms with van der Waals surface area (Å²) in [6.07, 6.45) is 4.02. The van der Waals surface area contributed by atoms with Gasteiger partial charge in [-0.25, -0.2) is 0 Å². The summed E-state index contributed by atoms with van der Waals surface area (Å²) >= 11 is 0. The summed E-state index contributed by atoms with van der Waals surface area (Å²) in [5, 5.41) is 0. The van der Waals surface area contributed by atoms with Gasteiger partial charge < -0.3 is 4.74 Å². The first-order valence-corrected chi connectivity index (χ1v) is 5.11. The molecule has 1 nitrogen and oxygen atoms in total. The number of rotatable bonds is 2. The van der Waals surface area contributed by atoms with E-state index in [0.717, 1.165) is 6.42 Å². The molecule has 0 saturated carbocycles. The Kier molecular flexibility index (Phi) is 1.37. The smallest absolute Gasteiger partial charge is 0.113 e. The van der Waals surface area contributed by atoms with Crippen molar-refractivity contribution in [1.29, 1.82) is 0 Å². The fourth-order valence-electron chi connectivity index (χ4n) is 2.66. The van der Waals surface area contributed by atoms with Crippen molar-refractivity contribution in [3.05, 3.63) is 35.4 Å². The third-order valence-electron chi connectivity index (χ3n) is 3.27. The normalized spacial score (nSPS) is 34.1. The molecule has 1 aromatic rings. The third-order valence-corrected chi connectivity index (χ3v) is 3.27. The molecule has 13 heavy (non-hydrogen) atoms. The molecule has 0 bridgehead atoms. The molecule has 2 aliphatic rings. The van der Waals surface area contributed by atoms with E-state index in [9.17, 15) is 0 Å². The van der Waals surface area contributed by atoms with E-state index in [1.165, 1.54) is 24.0 Å². The van der Waals surface area contributed by atoms with Crippen molar-refractivity contribution in [3.63, 3.8) is 0 Å². The van der Waals surface area contributed by atoms with E-state index in [2.05, 4.69) is 31.2 Å². The molecule has 1 heteroatoms. The first-order chi connectivity index (χ1) is 6.36. The Bertz CT molecular complexity index is 345. The van der Waals surface area contributed by atoms with Gasteiger partial charge in [0.05, 0.1) is 0 Å². The molecule has 2 atom stereocenters. The molecule has 1 saturated heterocycles. The zero-order chi connectivity index (χ0) is 8.89. The minimum Gasteiger partial charge on any atom is -0.361 e. The highest BCUT2D eigenvalue weighted by atomic mass is 16.6. The van der Waals surface area contributed by atoms with Crippen LogP contribution < -0.4 is 0 Å². The van der Waals surface area contributed by atoms with Crippen LogP contribution in [0.5, 0.6) is 0 Å². The number of epoxide rings is 1. The quantitative estimate of drug-likeness (QED) is 0.628. The summed E-state index contributed by atoms with van der Waals surface area (Å²) in [5.41, 5.74) is 3.17. The van der Waals surface area contributed by atoms with Gasteiger partial charge >= 0.3 is 0 Å². The number of hydrogen-bond acceptors (Lipinski definition) is 1. The minimum atomic E-state index is 0.221. The van der Waals surface area contributed by atoms with Gasteiger partial charge in [0.2, 0.25) is 0 Å². The Morgan fingerprint density at radius 2 is 2.31 bits per heavy atom. The lowest BCUT2D eigenvalue weighted by Gasteiger charge is -2.06. The summed E-state index contributed by atoms with van der Waals surface area (Å²) in [6.45, 7) is 2.23. The SMILES string of the molecule is CCC[C@]12Cc3ccccc3[C@H]1O2. The highest BCUT2D eigenvalue weighted by Crippen LogP contribution is 2.60. The van der Waals surface area contributed by atoms with E-state index in [4.69, 9.17) is 4.74 Å². The van der Waals surface area contributed by atoms with Crippen molar-refractivity contribution in [2.75, 3.05) is 0 Å². The average molecular weight is 174 g/mol. The van der Waals surface area contributed by atoms with Crippen LogP contribution in [-0.2, 0) is 11.2 Å². The van der Waals surface area contributed by atoms with Crippen LogP contribution in [0.25, 0.3) is 0 Å². The molecule has 1 aromatic carbocycles. The van der Waals surface area contributed by atoms with Crippen LogP contribution in [0.2, 0.25) is 0 Å². The van der Waals surface area contributed by atoms with Crippen molar-refractivity contribution in [1.82, 2.24) is 0 Å². The Balaban J connectivity index is 1.95. The summed E-state index contributed by atoms with van der Waals surface area (Å²) in [4.78, 5) is 0. The van der Waals surface area contributed by atoms with Gasteiger partial charge in [0, 0.05) is 6.42 Å². The maximum Gasteiger partial charge on any atom is 0.113 e. The zero-order valence-corrected chi connectivity index (χ0v) is 7.92. The van der Waals surface area contributed by atoms with Crippen molar-refractivity contribution in [2.24, 2.45) is 0 Å². The highest BCUT2D eigenvalue weighted by Gasteiger charge is 2.60. The summed E-state index contributed by atoms with van der Waals surface area (Å²) in [5.74, 6) is 0. The maximum atomic E-state index is 5.81. The van der Waals surface area contributed by atoms with Crippen LogP contribution in [-0.4, -0.2) is 5.60 Å². The topological polar surface area (TPSA) is 12.5 Å². The van der Waals surface area contributed by atoms with Gasteiger partial charge in [-0.15, -0.1) is 0 Å². The largest absolute Gasteiger partial charge is 0.361 e. The predicted octanol–water partition coefficient (Wildman–Crippen LogP) is 2.85. The monoisotopic (exact) mass is 174 g/mol. The molecule has 1 aliphatic carbocycles. The fraction of sp³-hybridized carbons (Fsp3) is 0.500. The predicted molar refractivity (Wildman–Crippen MR) is 51.6 cm³/mol. The van der Waals surface area contributed by atoms with Crippen molar-refractivity contribution < 1.29 is 4.74 Å². The molecule has 1 fully saturated rings. The van der Waals surface area contributed by atoms with Crippen molar-refractivity contribution >= 4 is 0 Å². The number of ether oxygens (including phenoxy) is 1. The fourth-order valence-corrected chi connectivity index (χ4v) is 2.66. The van der Waals surface area contributed by atoms with Gasteiger partial charge in [-0.05, 0) is 17.5 Å². The average Bonchev–Trinajstić information content (AvgIpc) is 2.74.